The van der Waals surface area contributed by atoms with Crippen molar-refractivity contribution >= 4 is 0 Å². The second kappa shape index (κ2) is 7.44. The topological polar surface area (TPSA) is 23.5 Å². The van der Waals surface area contributed by atoms with Crippen LogP contribution >= 0.6 is 0 Å². The number of halogens is 2. The fourth-order valence-electron chi connectivity index (χ4n) is 1.92. The molecule has 0 bridgehead atoms. The Bertz CT molecular complexity index is 371. The molecule has 4 heteroatoms. The van der Waals surface area contributed by atoms with E-state index in [0.717, 1.165) is 31.9 Å². The van der Waals surface area contributed by atoms with Crippen LogP contribution in [-0.4, -0.2) is 30.2 Å². The van der Waals surface area contributed by atoms with Crippen molar-refractivity contribution in [1.29, 1.82) is 0 Å². The smallest absolute Gasteiger partial charge is 0.128 e. The normalized spacial score (nSPS) is 13.0. The van der Waals surface area contributed by atoms with E-state index in [1.807, 2.05) is 18.9 Å². The van der Waals surface area contributed by atoms with E-state index in [4.69, 9.17) is 5.11 Å². The third kappa shape index (κ3) is 4.35. The van der Waals surface area contributed by atoms with Gasteiger partial charge >= 0.3 is 0 Å². The molecule has 0 fully saturated rings. The molecule has 0 aliphatic rings. The van der Waals surface area contributed by atoms with Crippen molar-refractivity contribution in [2.75, 3.05) is 20.2 Å². The van der Waals surface area contributed by atoms with Crippen LogP contribution in [0, 0.1) is 11.6 Å². The molecule has 1 atom stereocenters. The van der Waals surface area contributed by atoms with Gasteiger partial charge in [-0.3, -0.25) is 4.90 Å². The largest absolute Gasteiger partial charge is 0.396 e. The van der Waals surface area contributed by atoms with Crippen LogP contribution in [-0.2, 0) is 0 Å². The number of hydrogen-bond acceptors (Lipinski definition) is 2. The van der Waals surface area contributed by atoms with Gasteiger partial charge in [0.1, 0.15) is 11.6 Å². The second-order valence-corrected chi connectivity index (χ2v) is 4.61. The van der Waals surface area contributed by atoms with Gasteiger partial charge in [-0.05, 0) is 58.0 Å². The quantitative estimate of drug-likeness (QED) is 0.759. The summed E-state index contributed by atoms with van der Waals surface area (Å²) >= 11 is 0. The van der Waals surface area contributed by atoms with Gasteiger partial charge in [-0.15, -0.1) is 0 Å². The van der Waals surface area contributed by atoms with Gasteiger partial charge in [0.15, 0.2) is 0 Å². The molecule has 0 aromatic heterocycles. The third-order valence-electron chi connectivity index (χ3n) is 3.24. The predicted molar refractivity (Wildman–Crippen MR) is 68.3 cm³/mol. The molecule has 1 rings (SSSR count). The molecule has 102 valence electrons. The first-order valence-electron chi connectivity index (χ1n) is 6.32. The maximum absolute atomic E-state index is 13.6. The third-order valence-corrected chi connectivity index (χ3v) is 3.24. The highest BCUT2D eigenvalue weighted by Crippen LogP contribution is 2.23. The predicted octanol–water partition coefficient (Wildman–Crippen LogP) is 3.12. The molecule has 1 aromatic carbocycles. The lowest BCUT2D eigenvalue weighted by Crippen LogP contribution is -2.24. The van der Waals surface area contributed by atoms with Crippen LogP contribution in [0.3, 0.4) is 0 Å². The van der Waals surface area contributed by atoms with Crippen LogP contribution in [0.5, 0.6) is 0 Å². The Morgan fingerprint density at radius 2 is 1.94 bits per heavy atom. The lowest BCUT2D eigenvalue weighted by molar-refractivity contribution is 0.240. The van der Waals surface area contributed by atoms with Crippen molar-refractivity contribution < 1.29 is 13.9 Å². The molecule has 0 radical (unpaired) electrons. The van der Waals surface area contributed by atoms with E-state index in [0.29, 0.717) is 5.56 Å². The van der Waals surface area contributed by atoms with Gasteiger partial charge in [-0.2, -0.15) is 0 Å². The molecule has 1 unspecified atom stereocenters. The van der Waals surface area contributed by atoms with Crippen LogP contribution in [0.2, 0.25) is 0 Å². The number of hydrogen-bond donors (Lipinski definition) is 1. The Balaban J connectivity index is 2.56. The standard InChI is InChI=1S/C14H21F2NO/c1-11(17(2)8-4-3-5-9-18)13-10-12(15)6-7-14(13)16/h6-7,10-11,18H,3-5,8-9H2,1-2H3. The summed E-state index contributed by atoms with van der Waals surface area (Å²) in [5.74, 6) is -0.780. The minimum atomic E-state index is -0.410. The number of aliphatic hydroxyl groups is 1. The van der Waals surface area contributed by atoms with E-state index in [9.17, 15) is 8.78 Å². The van der Waals surface area contributed by atoms with Crippen LogP contribution in [0.4, 0.5) is 8.78 Å². The Morgan fingerprint density at radius 1 is 1.22 bits per heavy atom. The number of aliphatic hydroxyl groups excluding tert-OH is 1. The average Bonchev–Trinajstić information content (AvgIpc) is 2.36. The molecule has 1 N–H and O–H groups in total. The van der Waals surface area contributed by atoms with Gasteiger partial charge in [0.2, 0.25) is 0 Å². The molecule has 18 heavy (non-hydrogen) atoms. The zero-order valence-corrected chi connectivity index (χ0v) is 11.0. The highest BCUT2D eigenvalue weighted by Gasteiger charge is 2.16. The molecule has 0 spiro atoms. The van der Waals surface area contributed by atoms with E-state index >= 15 is 0 Å². The van der Waals surface area contributed by atoms with Crippen LogP contribution in [0.25, 0.3) is 0 Å². The van der Waals surface area contributed by atoms with Gasteiger partial charge in [-0.1, -0.05) is 0 Å². The van der Waals surface area contributed by atoms with Crippen LogP contribution in [0.15, 0.2) is 18.2 Å². The minimum absolute atomic E-state index is 0.158. The van der Waals surface area contributed by atoms with Crippen molar-refractivity contribution in [2.24, 2.45) is 0 Å². The van der Waals surface area contributed by atoms with Crippen molar-refractivity contribution in [2.45, 2.75) is 32.2 Å². The first-order valence-corrected chi connectivity index (χ1v) is 6.32. The van der Waals surface area contributed by atoms with Gasteiger partial charge in [-0.25, -0.2) is 8.78 Å². The number of unbranched alkanes of at least 4 members (excludes halogenated alkanes) is 2. The lowest BCUT2D eigenvalue weighted by atomic mass is 10.1. The molecule has 2 nitrogen and oxygen atoms in total. The molecule has 0 saturated heterocycles. The van der Waals surface area contributed by atoms with E-state index in [1.54, 1.807) is 0 Å². The van der Waals surface area contributed by atoms with Crippen molar-refractivity contribution in [1.82, 2.24) is 4.90 Å². The fourth-order valence-corrected chi connectivity index (χ4v) is 1.92. The van der Waals surface area contributed by atoms with E-state index in [2.05, 4.69) is 0 Å². The van der Waals surface area contributed by atoms with Crippen molar-refractivity contribution in [3.63, 3.8) is 0 Å². The summed E-state index contributed by atoms with van der Waals surface area (Å²) in [4.78, 5) is 2.00. The van der Waals surface area contributed by atoms with Gasteiger partial charge in [0, 0.05) is 18.2 Å². The number of rotatable bonds is 7. The Hall–Kier alpha value is -1.00. The zero-order valence-electron chi connectivity index (χ0n) is 11.0. The Morgan fingerprint density at radius 3 is 2.61 bits per heavy atom. The van der Waals surface area contributed by atoms with E-state index < -0.39 is 5.82 Å². The summed E-state index contributed by atoms with van der Waals surface area (Å²) < 4.78 is 26.7. The maximum atomic E-state index is 13.6. The molecule has 0 saturated carbocycles. The molecule has 0 amide bonds. The summed E-state index contributed by atoms with van der Waals surface area (Å²) in [6, 6.07) is 3.40. The van der Waals surface area contributed by atoms with Crippen molar-refractivity contribution in [3.8, 4) is 0 Å². The highest BCUT2D eigenvalue weighted by atomic mass is 19.1. The van der Waals surface area contributed by atoms with E-state index in [-0.39, 0.29) is 18.5 Å². The van der Waals surface area contributed by atoms with Crippen LogP contribution < -0.4 is 0 Å². The van der Waals surface area contributed by atoms with Gasteiger partial charge in [0.05, 0.1) is 0 Å². The maximum Gasteiger partial charge on any atom is 0.128 e. The molecule has 0 aliphatic carbocycles. The molecule has 0 heterocycles. The first kappa shape index (κ1) is 15.1. The fraction of sp³-hybridized carbons (Fsp3) is 0.571. The lowest BCUT2D eigenvalue weighted by Gasteiger charge is -2.25. The van der Waals surface area contributed by atoms with Crippen LogP contribution in [0.1, 0.15) is 37.8 Å². The second-order valence-electron chi connectivity index (χ2n) is 4.61. The zero-order chi connectivity index (χ0) is 13.5. The Labute approximate surface area is 107 Å². The monoisotopic (exact) mass is 257 g/mol. The molecular weight excluding hydrogens is 236 g/mol. The summed E-state index contributed by atoms with van der Waals surface area (Å²) in [6.45, 7) is 2.87. The molecule has 0 aliphatic heterocycles. The Kier molecular flexibility index (Phi) is 6.22. The van der Waals surface area contributed by atoms with Crippen molar-refractivity contribution in [3.05, 3.63) is 35.4 Å². The highest BCUT2D eigenvalue weighted by molar-refractivity contribution is 5.21. The summed E-state index contributed by atoms with van der Waals surface area (Å²) in [6.07, 6.45) is 2.67. The van der Waals surface area contributed by atoms with Gasteiger partial charge < -0.3 is 5.11 Å². The SMILES string of the molecule is CC(c1cc(F)ccc1F)N(C)CCCCCO. The summed E-state index contributed by atoms with van der Waals surface area (Å²) in [5.41, 5.74) is 0.389. The summed E-state index contributed by atoms with van der Waals surface area (Å²) in [7, 11) is 1.90. The van der Waals surface area contributed by atoms with Gasteiger partial charge in [0.25, 0.3) is 0 Å². The average molecular weight is 257 g/mol. The summed E-state index contributed by atoms with van der Waals surface area (Å²) in [5, 5.41) is 8.68. The number of benzene rings is 1. The number of nitrogens with zero attached hydrogens (tertiary/aromatic N) is 1. The molecular formula is C14H21F2NO. The molecule has 1 aromatic rings. The first-order chi connectivity index (χ1) is 8.56. The minimum Gasteiger partial charge on any atom is -0.396 e. The van der Waals surface area contributed by atoms with E-state index in [1.165, 1.54) is 12.1 Å².